The predicted octanol–water partition coefficient (Wildman–Crippen LogP) is 4.00. The maximum atomic E-state index is 6.01. The van der Waals surface area contributed by atoms with Gasteiger partial charge in [0.25, 0.3) is 0 Å². The Bertz CT molecular complexity index is 540. The number of alkyl halides is 1. The summed E-state index contributed by atoms with van der Waals surface area (Å²) in [7, 11) is 1.65. The Kier molecular flexibility index (Phi) is 4.30. The molecule has 3 nitrogen and oxygen atoms in total. The molecule has 2 rings (SSSR count). The van der Waals surface area contributed by atoms with Gasteiger partial charge in [-0.25, -0.2) is 0 Å². The molecular formula is C13H14BrClN2O. The fourth-order valence-corrected chi connectivity index (χ4v) is 2.37. The molecular weight excluding hydrogens is 316 g/mol. The molecule has 1 aromatic carbocycles. The zero-order valence-electron chi connectivity index (χ0n) is 10.2. The summed E-state index contributed by atoms with van der Waals surface area (Å²) in [6.07, 6.45) is 3.77. The SMILES string of the molecule is COc1ccc(Cn2cc(C(C)Cl)cn2)cc1Br. The smallest absolute Gasteiger partial charge is 0.133 e. The molecule has 0 fully saturated rings. The van der Waals surface area contributed by atoms with Crippen LogP contribution in [0.4, 0.5) is 0 Å². The highest BCUT2D eigenvalue weighted by atomic mass is 79.9. The second-order valence-corrected chi connectivity index (χ2v) is 5.57. The Balaban J connectivity index is 2.15. The first-order valence-electron chi connectivity index (χ1n) is 5.59. The summed E-state index contributed by atoms with van der Waals surface area (Å²) >= 11 is 9.48. The number of rotatable bonds is 4. The molecule has 0 spiro atoms. The summed E-state index contributed by atoms with van der Waals surface area (Å²) in [6, 6.07) is 5.99. The molecule has 1 aromatic heterocycles. The zero-order valence-corrected chi connectivity index (χ0v) is 12.6. The maximum Gasteiger partial charge on any atom is 0.133 e. The highest BCUT2D eigenvalue weighted by molar-refractivity contribution is 9.10. The van der Waals surface area contributed by atoms with Crippen molar-refractivity contribution in [1.82, 2.24) is 9.78 Å². The van der Waals surface area contributed by atoms with Gasteiger partial charge < -0.3 is 4.74 Å². The lowest BCUT2D eigenvalue weighted by atomic mass is 10.2. The average Bonchev–Trinajstić information content (AvgIpc) is 2.78. The minimum absolute atomic E-state index is 0.0126. The molecule has 0 amide bonds. The van der Waals surface area contributed by atoms with Crippen molar-refractivity contribution in [3.63, 3.8) is 0 Å². The van der Waals surface area contributed by atoms with Crippen LogP contribution >= 0.6 is 27.5 Å². The number of halogens is 2. The third-order valence-corrected chi connectivity index (χ3v) is 3.54. The molecule has 0 aliphatic rings. The van der Waals surface area contributed by atoms with Crippen LogP contribution in [0.15, 0.2) is 35.1 Å². The molecule has 18 heavy (non-hydrogen) atoms. The van der Waals surface area contributed by atoms with Crippen molar-refractivity contribution in [2.75, 3.05) is 7.11 Å². The van der Waals surface area contributed by atoms with Crippen molar-refractivity contribution in [3.8, 4) is 5.75 Å². The van der Waals surface area contributed by atoms with E-state index < -0.39 is 0 Å². The molecule has 0 saturated heterocycles. The van der Waals surface area contributed by atoms with E-state index in [2.05, 4.69) is 21.0 Å². The van der Waals surface area contributed by atoms with Gasteiger partial charge in [-0.1, -0.05) is 6.07 Å². The quantitative estimate of drug-likeness (QED) is 0.793. The largest absolute Gasteiger partial charge is 0.496 e. The summed E-state index contributed by atoms with van der Waals surface area (Å²) in [4.78, 5) is 0. The van der Waals surface area contributed by atoms with Gasteiger partial charge >= 0.3 is 0 Å². The third kappa shape index (κ3) is 3.06. The molecule has 1 unspecified atom stereocenters. The first-order chi connectivity index (χ1) is 8.60. The van der Waals surface area contributed by atoms with Crippen molar-refractivity contribution in [2.24, 2.45) is 0 Å². The van der Waals surface area contributed by atoms with Crippen LogP contribution in [-0.4, -0.2) is 16.9 Å². The normalized spacial score (nSPS) is 12.4. The van der Waals surface area contributed by atoms with Gasteiger partial charge in [0.15, 0.2) is 0 Å². The van der Waals surface area contributed by atoms with Crippen LogP contribution in [0.2, 0.25) is 0 Å². The van der Waals surface area contributed by atoms with Crippen LogP contribution in [0.1, 0.15) is 23.4 Å². The number of benzene rings is 1. The fraction of sp³-hybridized carbons (Fsp3) is 0.308. The van der Waals surface area contributed by atoms with E-state index >= 15 is 0 Å². The van der Waals surface area contributed by atoms with Crippen molar-refractivity contribution in [3.05, 3.63) is 46.2 Å². The molecule has 0 bridgehead atoms. The van der Waals surface area contributed by atoms with Crippen molar-refractivity contribution in [2.45, 2.75) is 18.8 Å². The predicted molar refractivity (Wildman–Crippen MR) is 76.3 cm³/mol. The molecule has 0 radical (unpaired) electrons. The number of hydrogen-bond acceptors (Lipinski definition) is 2. The van der Waals surface area contributed by atoms with Gasteiger partial charge in [0.2, 0.25) is 0 Å². The second kappa shape index (κ2) is 5.76. The summed E-state index contributed by atoms with van der Waals surface area (Å²) in [5.74, 6) is 0.828. The van der Waals surface area contributed by atoms with E-state index in [4.69, 9.17) is 16.3 Å². The maximum absolute atomic E-state index is 6.01. The van der Waals surface area contributed by atoms with E-state index in [0.29, 0.717) is 6.54 Å². The Morgan fingerprint density at radius 1 is 1.50 bits per heavy atom. The minimum atomic E-state index is -0.0126. The van der Waals surface area contributed by atoms with E-state index in [1.165, 1.54) is 0 Å². The summed E-state index contributed by atoms with van der Waals surface area (Å²) in [5, 5.41) is 4.28. The van der Waals surface area contributed by atoms with Crippen molar-refractivity contribution < 1.29 is 4.74 Å². The van der Waals surface area contributed by atoms with Gasteiger partial charge in [0.05, 0.1) is 29.7 Å². The van der Waals surface area contributed by atoms with Gasteiger partial charge in [-0.2, -0.15) is 5.10 Å². The summed E-state index contributed by atoms with van der Waals surface area (Å²) in [5.41, 5.74) is 2.18. The van der Waals surface area contributed by atoms with Gasteiger partial charge in [-0.3, -0.25) is 4.68 Å². The van der Waals surface area contributed by atoms with Crippen molar-refractivity contribution in [1.29, 1.82) is 0 Å². The Hall–Kier alpha value is -1.00. The van der Waals surface area contributed by atoms with E-state index in [0.717, 1.165) is 21.3 Å². The fourth-order valence-electron chi connectivity index (χ4n) is 1.67. The monoisotopic (exact) mass is 328 g/mol. The standard InChI is InChI=1S/C13H14BrClN2O/c1-9(15)11-6-16-17(8-11)7-10-3-4-13(18-2)12(14)5-10/h3-6,8-9H,7H2,1-2H3. The molecule has 96 valence electrons. The number of ether oxygens (including phenoxy) is 1. The van der Waals surface area contributed by atoms with Crippen LogP contribution in [0, 0.1) is 0 Å². The van der Waals surface area contributed by atoms with Crippen molar-refractivity contribution >= 4 is 27.5 Å². The summed E-state index contributed by atoms with van der Waals surface area (Å²) < 4.78 is 8.02. The highest BCUT2D eigenvalue weighted by Crippen LogP contribution is 2.26. The molecule has 5 heteroatoms. The van der Waals surface area contributed by atoms with Gasteiger partial charge in [-0.15, -0.1) is 11.6 Å². The first kappa shape index (κ1) is 13.4. The Morgan fingerprint density at radius 2 is 2.28 bits per heavy atom. The van der Waals surface area contributed by atoms with Gasteiger partial charge in [0, 0.05) is 11.8 Å². The number of methoxy groups -OCH3 is 1. The van der Waals surface area contributed by atoms with Crippen LogP contribution in [0.25, 0.3) is 0 Å². The van der Waals surface area contributed by atoms with E-state index in [-0.39, 0.29) is 5.38 Å². The third-order valence-electron chi connectivity index (χ3n) is 2.67. The molecule has 0 aliphatic carbocycles. The van der Waals surface area contributed by atoms with Crippen LogP contribution in [0.3, 0.4) is 0 Å². The number of aromatic nitrogens is 2. The molecule has 2 aromatic rings. The molecule has 0 saturated carbocycles. The average molecular weight is 330 g/mol. The van der Waals surface area contributed by atoms with Crippen LogP contribution in [-0.2, 0) is 6.54 Å². The highest BCUT2D eigenvalue weighted by Gasteiger charge is 2.06. The van der Waals surface area contributed by atoms with Gasteiger partial charge in [-0.05, 0) is 40.5 Å². The Labute approximate surface area is 120 Å². The molecule has 1 heterocycles. The van der Waals surface area contributed by atoms with Gasteiger partial charge in [0.1, 0.15) is 5.75 Å². The summed E-state index contributed by atoms with van der Waals surface area (Å²) in [6.45, 7) is 2.65. The topological polar surface area (TPSA) is 27.1 Å². The molecule has 0 aliphatic heterocycles. The lowest BCUT2D eigenvalue weighted by molar-refractivity contribution is 0.412. The Morgan fingerprint density at radius 3 is 2.83 bits per heavy atom. The zero-order chi connectivity index (χ0) is 13.1. The van der Waals surface area contributed by atoms with Crippen LogP contribution in [0.5, 0.6) is 5.75 Å². The molecule has 1 atom stereocenters. The minimum Gasteiger partial charge on any atom is -0.496 e. The number of nitrogens with zero attached hydrogens (tertiary/aromatic N) is 2. The number of hydrogen-bond donors (Lipinski definition) is 0. The van der Waals surface area contributed by atoms with E-state index in [1.54, 1.807) is 13.3 Å². The molecule has 0 N–H and O–H groups in total. The van der Waals surface area contributed by atoms with Crippen LogP contribution < -0.4 is 4.74 Å². The van der Waals surface area contributed by atoms with E-state index in [1.807, 2.05) is 36.0 Å². The lowest BCUT2D eigenvalue weighted by Crippen LogP contribution is -2.00. The lowest BCUT2D eigenvalue weighted by Gasteiger charge is -2.06. The second-order valence-electron chi connectivity index (χ2n) is 4.06. The first-order valence-corrected chi connectivity index (χ1v) is 6.82. The van der Waals surface area contributed by atoms with E-state index in [9.17, 15) is 0 Å².